The van der Waals surface area contributed by atoms with Crippen LogP contribution >= 0.6 is 24.8 Å². The van der Waals surface area contributed by atoms with Crippen LogP contribution in [0.25, 0.3) is 0 Å². The smallest absolute Gasteiger partial charge is 0.123 e. The van der Waals surface area contributed by atoms with E-state index in [1.807, 2.05) is 0 Å². The topological polar surface area (TPSA) is 33.7 Å². The average Bonchev–Trinajstić information content (AvgIpc) is 2.48. The normalized spacial score (nSPS) is 15.0. The van der Waals surface area contributed by atoms with Gasteiger partial charge in [0.1, 0.15) is 5.75 Å². The van der Waals surface area contributed by atoms with E-state index in [0.29, 0.717) is 5.92 Å². The van der Waals surface area contributed by atoms with Crippen molar-refractivity contribution in [2.45, 2.75) is 26.9 Å². The summed E-state index contributed by atoms with van der Waals surface area (Å²) in [5.74, 6) is 1.66. The fourth-order valence-corrected chi connectivity index (χ4v) is 2.57. The summed E-state index contributed by atoms with van der Waals surface area (Å²) < 4.78 is 10.9. The molecule has 0 radical (unpaired) electrons. The first-order valence-corrected chi connectivity index (χ1v) is 7.85. The van der Waals surface area contributed by atoms with E-state index in [9.17, 15) is 0 Å². The minimum absolute atomic E-state index is 0. The molecule has 2 rings (SSSR count). The highest BCUT2D eigenvalue weighted by atomic mass is 35.5. The summed E-state index contributed by atoms with van der Waals surface area (Å²) in [6, 6.07) is 6.50. The van der Waals surface area contributed by atoms with Crippen molar-refractivity contribution in [1.82, 2.24) is 10.2 Å². The number of methoxy groups -OCH3 is 1. The maximum absolute atomic E-state index is 5.51. The molecule has 1 aliphatic heterocycles. The van der Waals surface area contributed by atoms with Crippen molar-refractivity contribution in [1.29, 1.82) is 0 Å². The van der Waals surface area contributed by atoms with E-state index in [-0.39, 0.29) is 24.8 Å². The molecule has 1 N–H and O–H groups in total. The summed E-state index contributed by atoms with van der Waals surface area (Å²) in [4.78, 5) is 2.42. The van der Waals surface area contributed by atoms with Crippen molar-refractivity contribution in [3.05, 3.63) is 29.3 Å². The summed E-state index contributed by atoms with van der Waals surface area (Å²) in [7, 11) is 1.74. The van der Waals surface area contributed by atoms with E-state index in [4.69, 9.17) is 9.47 Å². The molecule has 23 heavy (non-hydrogen) atoms. The highest BCUT2D eigenvalue weighted by molar-refractivity contribution is 5.85. The van der Waals surface area contributed by atoms with Gasteiger partial charge in [-0.2, -0.15) is 0 Å². The summed E-state index contributed by atoms with van der Waals surface area (Å²) in [6.45, 7) is 11.0. The Bertz CT molecular complexity index is 439. The Hall–Kier alpha value is -0.520. The van der Waals surface area contributed by atoms with Gasteiger partial charge in [0.25, 0.3) is 0 Å². The van der Waals surface area contributed by atoms with Gasteiger partial charge in [-0.3, -0.25) is 4.90 Å². The van der Waals surface area contributed by atoms with Gasteiger partial charge < -0.3 is 14.8 Å². The van der Waals surface area contributed by atoms with Crippen LogP contribution in [0.15, 0.2) is 18.2 Å². The molecule has 0 amide bonds. The van der Waals surface area contributed by atoms with Crippen molar-refractivity contribution < 1.29 is 9.47 Å². The summed E-state index contributed by atoms with van der Waals surface area (Å²) >= 11 is 0. The fraction of sp³-hybridized carbons (Fsp3) is 0.647. The minimum Gasteiger partial charge on any atom is -0.496 e. The third-order valence-corrected chi connectivity index (χ3v) is 3.72. The Kier molecular flexibility index (Phi) is 11.7. The molecule has 0 saturated carbocycles. The first kappa shape index (κ1) is 22.5. The highest BCUT2D eigenvalue weighted by Gasteiger charge is 2.13. The monoisotopic (exact) mass is 364 g/mol. The predicted octanol–water partition coefficient (Wildman–Crippen LogP) is 3.12. The average molecular weight is 365 g/mol. The molecule has 0 atom stereocenters. The zero-order valence-corrected chi connectivity index (χ0v) is 16.0. The second-order valence-corrected chi connectivity index (χ2v) is 6.06. The van der Waals surface area contributed by atoms with Crippen LogP contribution < -0.4 is 10.1 Å². The van der Waals surface area contributed by atoms with E-state index in [1.165, 1.54) is 11.1 Å². The molecule has 0 spiro atoms. The van der Waals surface area contributed by atoms with Crippen molar-refractivity contribution >= 4 is 24.8 Å². The molecule has 4 nitrogen and oxygen atoms in total. The molecule has 1 aliphatic rings. The van der Waals surface area contributed by atoms with Crippen LogP contribution in [0.4, 0.5) is 0 Å². The van der Waals surface area contributed by atoms with Gasteiger partial charge in [-0.05, 0) is 30.2 Å². The number of ether oxygens (including phenoxy) is 2. The molecular weight excluding hydrogens is 335 g/mol. The number of hydrogen-bond acceptors (Lipinski definition) is 4. The number of nitrogens with one attached hydrogen (secondary N) is 1. The first-order chi connectivity index (χ1) is 10.2. The van der Waals surface area contributed by atoms with Crippen LogP contribution in [0, 0.1) is 5.92 Å². The zero-order chi connectivity index (χ0) is 15.1. The van der Waals surface area contributed by atoms with Crippen LogP contribution in [0.1, 0.15) is 25.0 Å². The largest absolute Gasteiger partial charge is 0.496 e. The van der Waals surface area contributed by atoms with Crippen molar-refractivity contribution in [3.63, 3.8) is 0 Å². The summed E-state index contributed by atoms with van der Waals surface area (Å²) in [5, 5.41) is 3.50. The lowest BCUT2D eigenvalue weighted by Crippen LogP contribution is -2.35. The Morgan fingerprint density at radius 1 is 1.22 bits per heavy atom. The number of nitrogens with zero attached hydrogens (tertiary/aromatic N) is 1. The maximum atomic E-state index is 5.51. The number of rotatable bonds is 7. The second-order valence-electron chi connectivity index (χ2n) is 6.06. The molecule has 0 aromatic heterocycles. The van der Waals surface area contributed by atoms with Gasteiger partial charge in [0, 0.05) is 31.7 Å². The third kappa shape index (κ3) is 7.73. The molecular formula is C17H30Cl2N2O2. The number of halogens is 2. The van der Waals surface area contributed by atoms with Gasteiger partial charge >= 0.3 is 0 Å². The van der Waals surface area contributed by atoms with Gasteiger partial charge in [-0.25, -0.2) is 0 Å². The molecule has 1 heterocycles. The van der Waals surface area contributed by atoms with Crippen molar-refractivity contribution in [2.75, 3.05) is 40.0 Å². The number of morpholine rings is 1. The summed E-state index contributed by atoms with van der Waals surface area (Å²) in [6.07, 6.45) is 0. The molecule has 6 heteroatoms. The third-order valence-electron chi connectivity index (χ3n) is 3.72. The lowest BCUT2D eigenvalue weighted by molar-refractivity contribution is 0.0339. The van der Waals surface area contributed by atoms with Crippen LogP contribution in [-0.4, -0.2) is 44.9 Å². The predicted molar refractivity (Wildman–Crippen MR) is 100 cm³/mol. The first-order valence-electron chi connectivity index (χ1n) is 7.85. The molecule has 134 valence electrons. The van der Waals surface area contributed by atoms with Crippen LogP contribution in [0.3, 0.4) is 0 Å². The summed E-state index contributed by atoms with van der Waals surface area (Å²) in [5.41, 5.74) is 2.59. The minimum atomic E-state index is 0. The highest BCUT2D eigenvalue weighted by Crippen LogP contribution is 2.22. The van der Waals surface area contributed by atoms with Gasteiger partial charge in [-0.1, -0.05) is 19.9 Å². The van der Waals surface area contributed by atoms with Crippen LogP contribution in [0.5, 0.6) is 5.75 Å². The van der Waals surface area contributed by atoms with E-state index < -0.39 is 0 Å². The Morgan fingerprint density at radius 2 is 1.91 bits per heavy atom. The maximum Gasteiger partial charge on any atom is 0.123 e. The molecule has 0 bridgehead atoms. The molecule has 1 fully saturated rings. The standard InChI is InChI=1S/C17H28N2O2.2ClH/c1-14(2)11-18-12-15-4-5-17(20-3)16(10-15)13-19-6-8-21-9-7-19;;/h4-5,10,14,18H,6-9,11-13H2,1-3H3;2*1H. The molecule has 0 unspecified atom stereocenters. The van der Waals surface area contributed by atoms with E-state index >= 15 is 0 Å². The van der Waals surface area contributed by atoms with Gasteiger partial charge in [-0.15, -0.1) is 24.8 Å². The van der Waals surface area contributed by atoms with E-state index in [2.05, 4.69) is 42.3 Å². The lowest BCUT2D eigenvalue weighted by Gasteiger charge is -2.27. The quantitative estimate of drug-likeness (QED) is 0.805. The Balaban J connectivity index is 0.00000242. The molecule has 1 aromatic carbocycles. The van der Waals surface area contributed by atoms with Crippen molar-refractivity contribution in [3.8, 4) is 5.75 Å². The van der Waals surface area contributed by atoms with Gasteiger partial charge in [0.2, 0.25) is 0 Å². The van der Waals surface area contributed by atoms with Crippen LogP contribution in [0.2, 0.25) is 0 Å². The number of hydrogen-bond donors (Lipinski definition) is 1. The molecule has 1 aromatic rings. The second kappa shape index (κ2) is 11.9. The van der Waals surface area contributed by atoms with Crippen molar-refractivity contribution in [2.24, 2.45) is 5.92 Å². The van der Waals surface area contributed by atoms with Gasteiger partial charge in [0.15, 0.2) is 0 Å². The Morgan fingerprint density at radius 3 is 2.52 bits per heavy atom. The Labute approximate surface area is 152 Å². The fourth-order valence-electron chi connectivity index (χ4n) is 2.57. The molecule has 1 saturated heterocycles. The lowest BCUT2D eigenvalue weighted by atomic mass is 10.1. The van der Waals surface area contributed by atoms with E-state index in [1.54, 1.807) is 7.11 Å². The molecule has 0 aliphatic carbocycles. The van der Waals surface area contributed by atoms with E-state index in [0.717, 1.165) is 51.7 Å². The van der Waals surface area contributed by atoms with Gasteiger partial charge in [0.05, 0.1) is 20.3 Å². The SMILES string of the molecule is COc1ccc(CNCC(C)C)cc1CN1CCOCC1.Cl.Cl. The number of benzene rings is 1. The zero-order valence-electron chi connectivity index (χ0n) is 14.3. The van der Waals surface area contributed by atoms with Crippen LogP contribution in [-0.2, 0) is 17.8 Å².